The van der Waals surface area contributed by atoms with Gasteiger partial charge in [-0.05, 0) is 58.3 Å². The Kier molecular flexibility index (Phi) is 7.01. The van der Waals surface area contributed by atoms with Crippen LogP contribution in [-0.2, 0) is 12.8 Å². The lowest BCUT2D eigenvalue weighted by molar-refractivity contribution is -0.137. The summed E-state index contributed by atoms with van der Waals surface area (Å²) in [4.78, 5) is 12.2. The predicted molar refractivity (Wildman–Crippen MR) is 128 cm³/mol. The van der Waals surface area contributed by atoms with E-state index in [4.69, 9.17) is 9.47 Å². The fourth-order valence-corrected chi connectivity index (χ4v) is 3.52. The number of hydrazone groups is 1. The van der Waals surface area contributed by atoms with Gasteiger partial charge in [-0.25, -0.2) is 5.43 Å². The van der Waals surface area contributed by atoms with Crippen molar-refractivity contribution >= 4 is 22.9 Å². The Hall–Kier alpha value is -4.33. The van der Waals surface area contributed by atoms with Gasteiger partial charge in [-0.1, -0.05) is 48.5 Å². The van der Waals surface area contributed by atoms with Crippen LogP contribution in [0.15, 0.2) is 90.0 Å². The van der Waals surface area contributed by atoms with E-state index >= 15 is 0 Å². The number of ether oxygens (including phenoxy) is 2. The number of carbonyl (C=O) groups is 1. The third kappa shape index (κ3) is 5.78. The Morgan fingerprint density at radius 3 is 2.51 bits per heavy atom. The van der Waals surface area contributed by atoms with E-state index in [1.54, 1.807) is 18.2 Å². The maximum absolute atomic E-state index is 12.8. The molecule has 178 valence electrons. The zero-order valence-electron chi connectivity index (χ0n) is 18.7. The van der Waals surface area contributed by atoms with Crippen molar-refractivity contribution in [3.63, 3.8) is 0 Å². The van der Waals surface area contributed by atoms with Gasteiger partial charge in [-0.2, -0.15) is 18.3 Å². The summed E-state index contributed by atoms with van der Waals surface area (Å²) in [7, 11) is 1.51. The largest absolute Gasteiger partial charge is 0.493 e. The Balaban J connectivity index is 1.42. The van der Waals surface area contributed by atoms with Crippen LogP contribution < -0.4 is 14.9 Å². The van der Waals surface area contributed by atoms with Gasteiger partial charge in [-0.15, -0.1) is 0 Å². The molecule has 4 rings (SSSR count). The Labute approximate surface area is 199 Å². The van der Waals surface area contributed by atoms with E-state index in [1.165, 1.54) is 25.5 Å². The molecule has 0 saturated heterocycles. The molecule has 35 heavy (non-hydrogen) atoms. The molecular weight excluding hydrogens is 457 g/mol. The lowest BCUT2D eigenvalue weighted by atomic mass is 10.1. The molecule has 4 aromatic carbocycles. The van der Waals surface area contributed by atoms with Crippen molar-refractivity contribution in [3.05, 3.63) is 107 Å². The highest BCUT2D eigenvalue weighted by Gasteiger charge is 2.30. The van der Waals surface area contributed by atoms with Crippen LogP contribution >= 0.6 is 0 Å². The predicted octanol–water partition coefficient (Wildman–Crippen LogP) is 6.21. The number of hydrogen-bond donors (Lipinski definition) is 1. The molecule has 8 heteroatoms. The number of nitrogens with zero attached hydrogens (tertiary/aromatic N) is 1. The first-order valence-electron chi connectivity index (χ1n) is 10.6. The van der Waals surface area contributed by atoms with Crippen LogP contribution in [0, 0.1) is 0 Å². The van der Waals surface area contributed by atoms with Crippen LogP contribution in [-0.4, -0.2) is 19.2 Å². The fourth-order valence-electron chi connectivity index (χ4n) is 3.52. The monoisotopic (exact) mass is 478 g/mol. The first-order valence-corrected chi connectivity index (χ1v) is 10.6. The minimum absolute atomic E-state index is 0.147. The number of nitrogens with one attached hydrogen (secondary N) is 1. The maximum Gasteiger partial charge on any atom is 0.416 e. The van der Waals surface area contributed by atoms with Crippen molar-refractivity contribution in [1.82, 2.24) is 5.43 Å². The topological polar surface area (TPSA) is 59.9 Å². The van der Waals surface area contributed by atoms with Crippen molar-refractivity contribution in [3.8, 4) is 11.5 Å². The number of methoxy groups -OCH3 is 1. The van der Waals surface area contributed by atoms with E-state index < -0.39 is 17.6 Å². The molecule has 1 amide bonds. The number of hydrogen-bond acceptors (Lipinski definition) is 4. The zero-order valence-corrected chi connectivity index (χ0v) is 18.7. The van der Waals surface area contributed by atoms with Gasteiger partial charge in [0.15, 0.2) is 11.5 Å². The molecule has 0 atom stereocenters. The van der Waals surface area contributed by atoms with E-state index in [0.717, 1.165) is 28.5 Å². The van der Waals surface area contributed by atoms with E-state index in [-0.39, 0.29) is 5.56 Å². The Bertz CT molecular complexity index is 1380. The fraction of sp³-hybridized carbons (Fsp3) is 0.111. The molecule has 0 radical (unpaired) electrons. The summed E-state index contributed by atoms with van der Waals surface area (Å²) in [5.74, 6) is 0.248. The number of carbonyl (C=O) groups excluding carboxylic acids is 1. The van der Waals surface area contributed by atoms with Crippen LogP contribution in [0.2, 0.25) is 0 Å². The highest BCUT2D eigenvalue weighted by Crippen LogP contribution is 2.30. The molecule has 0 unspecified atom stereocenters. The van der Waals surface area contributed by atoms with Gasteiger partial charge in [0, 0.05) is 5.56 Å². The molecule has 5 nitrogen and oxygen atoms in total. The minimum Gasteiger partial charge on any atom is -0.493 e. The quantitative estimate of drug-likeness (QED) is 0.254. The van der Waals surface area contributed by atoms with Crippen molar-refractivity contribution in [2.24, 2.45) is 5.10 Å². The summed E-state index contributed by atoms with van der Waals surface area (Å²) in [5, 5.41) is 6.07. The van der Waals surface area contributed by atoms with Gasteiger partial charge in [0.1, 0.15) is 6.61 Å². The Morgan fingerprint density at radius 1 is 0.943 bits per heavy atom. The molecule has 0 bridgehead atoms. The number of amides is 1. The van der Waals surface area contributed by atoms with Crippen LogP contribution in [0.25, 0.3) is 10.8 Å². The minimum atomic E-state index is -4.53. The summed E-state index contributed by atoms with van der Waals surface area (Å²) in [5.41, 5.74) is 2.82. The average Bonchev–Trinajstić information content (AvgIpc) is 2.87. The molecule has 0 heterocycles. The molecule has 0 spiro atoms. The maximum atomic E-state index is 12.8. The standard InChI is InChI=1S/C27H21F3N2O3/c1-34-25-14-18(16-31-32-26(33)20-8-5-10-22(15-20)27(28,29)30)12-13-24(25)35-17-21-9-4-7-19-6-2-3-11-23(19)21/h2-16H,17H2,1H3,(H,32,33)/b31-16-. The number of rotatable bonds is 7. The van der Waals surface area contributed by atoms with Crippen molar-refractivity contribution in [1.29, 1.82) is 0 Å². The van der Waals surface area contributed by atoms with Gasteiger partial charge < -0.3 is 9.47 Å². The number of halogens is 3. The van der Waals surface area contributed by atoms with Gasteiger partial charge >= 0.3 is 6.18 Å². The van der Waals surface area contributed by atoms with Gasteiger partial charge in [0.25, 0.3) is 5.91 Å². The normalized spacial score (nSPS) is 11.5. The number of benzene rings is 4. The van der Waals surface area contributed by atoms with Gasteiger partial charge in [0.05, 0.1) is 18.9 Å². The van der Waals surface area contributed by atoms with Crippen LogP contribution in [0.5, 0.6) is 11.5 Å². The van der Waals surface area contributed by atoms with E-state index in [1.807, 2.05) is 42.5 Å². The van der Waals surface area contributed by atoms with E-state index in [0.29, 0.717) is 23.7 Å². The smallest absolute Gasteiger partial charge is 0.416 e. The van der Waals surface area contributed by atoms with E-state index in [9.17, 15) is 18.0 Å². The summed E-state index contributed by atoms with van der Waals surface area (Å²) in [6, 6.07) is 23.3. The molecule has 0 saturated carbocycles. The molecule has 0 aliphatic rings. The van der Waals surface area contributed by atoms with Crippen molar-refractivity contribution in [2.75, 3.05) is 7.11 Å². The Morgan fingerprint density at radius 2 is 1.71 bits per heavy atom. The summed E-state index contributed by atoms with van der Waals surface area (Å²) < 4.78 is 49.9. The summed E-state index contributed by atoms with van der Waals surface area (Å²) >= 11 is 0. The van der Waals surface area contributed by atoms with Crippen molar-refractivity contribution in [2.45, 2.75) is 12.8 Å². The van der Waals surface area contributed by atoms with E-state index in [2.05, 4.69) is 10.5 Å². The molecule has 0 aliphatic carbocycles. The second-order valence-electron chi connectivity index (χ2n) is 7.61. The molecule has 4 aromatic rings. The second-order valence-corrected chi connectivity index (χ2v) is 7.61. The molecule has 0 aliphatic heterocycles. The third-order valence-corrected chi connectivity index (χ3v) is 5.28. The lowest BCUT2D eigenvalue weighted by Gasteiger charge is -2.12. The number of fused-ring (bicyclic) bond motifs is 1. The molecular formula is C27H21F3N2O3. The van der Waals surface area contributed by atoms with Crippen LogP contribution in [0.3, 0.4) is 0 Å². The summed E-state index contributed by atoms with van der Waals surface area (Å²) in [6.45, 7) is 0.345. The van der Waals surface area contributed by atoms with Crippen LogP contribution in [0.4, 0.5) is 13.2 Å². The molecule has 0 fully saturated rings. The molecule has 0 aromatic heterocycles. The summed E-state index contributed by atoms with van der Waals surface area (Å²) in [6.07, 6.45) is -3.17. The molecule has 1 N–H and O–H groups in total. The van der Waals surface area contributed by atoms with Crippen LogP contribution in [0.1, 0.15) is 27.0 Å². The third-order valence-electron chi connectivity index (χ3n) is 5.28. The highest BCUT2D eigenvalue weighted by atomic mass is 19.4. The average molecular weight is 478 g/mol. The number of alkyl halides is 3. The highest BCUT2D eigenvalue weighted by molar-refractivity contribution is 5.95. The lowest BCUT2D eigenvalue weighted by Crippen LogP contribution is -2.18. The first kappa shape index (κ1) is 23.8. The van der Waals surface area contributed by atoms with Gasteiger partial charge in [-0.3, -0.25) is 4.79 Å². The van der Waals surface area contributed by atoms with Gasteiger partial charge in [0.2, 0.25) is 0 Å². The zero-order chi connectivity index (χ0) is 24.8. The second kappa shape index (κ2) is 10.3. The first-order chi connectivity index (χ1) is 16.8. The van der Waals surface area contributed by atoms with Crippen molar-refractivity contribution < 1.29 is 27.4 Å². The SMILES string of the molecule is COc1cc(/C=N\NC(=O)c2cccc(C(F)(F)F)c2)ccc1OCc1cccc2ccccc12.